The lowest BCUT2D eigenvalue weighted by molar-refractivity contribution is 0.684. The van der Waals surface area contributed by atoms with Crippen molar-refractivity contribution in [1.82, 2.24) is 9.97 Å². The highest BCUT2D eigenvalue weighted by Crippen LogP contribution is 2.30. The number of halogens is 2. The van der Waals surface area contributed by atoms with Crippen molar-refractivity contribution < 1.29 is 0 Å². The third-order valence-electron chi connectivity index (χ3n) is 1.66. The number of aromatic nitrogens is 2. The molecule has 0 amide bonds. The van der Waals surface area contributed by atoms with Gasteiger partial charge in [0.05, 0.1) is 4.90 Å². The fraction of sp³-hybridized carbons (Fsp3) is 0.556. The van der Waals surface area contributed by atoms with Crippen LogP contribution in [0.5, 0.6) is 0 Å². The average Bonchev–Trinajstić information content (AvgIpc) is 2.14. The molecule has 1 heterocycles. The second-order valence-corrected chi connectivity index (χ2v) is 4.97. The van der Waals surface area contributed by atoms with Crippen molar-refractivity contribution in [2.75, 3.05) is 18.1 Å². The fourth-order valence-electron chi connectivity index (χ4n) is 0.941. The quantitative estimate of drug-likeness (QED) is 0.667. The highest BCUT2D eigenvalue weighted by Gasteiger charge is 2.10. The number of hydrogen-bond donors (Lipinski definition) is 1. The van der Waals surface area contributed by atoms with Gasteiger partial charge < -0.3 is 5.32 Å². The molecular weight excluding hydrogens is 253 g/mol. The summed E-state index contributed by atoms with van der Waals surface area (Å²) in [5.74, 6) is 1.00. The maximum atomic E-state index is 5.95. The molecule has 15 heavy (non-hydrogen) atoms. The Morgan fingerprint density at radius 1 is 1.27 bits per heavy atom. The van der Waals surface area contributed by atoms with Gasteiger partial charge in [-0.1, -0.05) is 37.0 Å². The minimum Gasteiger partial charge on any atom is -0.354 e. The smallest absolute Gasteiger partial charge is 0.225 e. The maximum Gasteiger partial charge on any atom is 0.225 e. The summed E-state index contributed by atoms with van der Waals surface area (Å²) in [6, 6.07) is 0. The molecule has 0 fully saturated rings. The zero-order valence-electron chi connectivity index (χ0n) is 8.84. The first-order valence-electron chi connectivity index (χ1n) is 4.55. The lowest BCUT2D eigenvalue weighted by atomic mass is 10.2. The van der Waals surface area contributed by atoms with Crippen LogP contribution in [0.4, 0.5) is 5.95 Å². The van der Waals surface area contributed by atoms with Crippen LogP contribution in [0.2, 0.25) is 10.3 Å². The van der Waals surface area contributed by atoms with E-state index in [-0.39, 0.29) is 0 Å². The molecule has 0 saturated heterocycles. The minimum atomic E-state index is 0.397. The topological polar surface area (TPSA) is 37.8 Å². The summed E-state index contributed by atoms with van der Waals surface area (Å²) in [5, 5.41) is 3.87. The average molecular weight is 266 g/mol. The van der Waals surface area contributed by atoms with Gasteiger partial charge >= 0.3 is 0 Å². The van der Waals surface area contributed by atoms with E-state index in [1.165, 1.54) is 11.8 Å². The van der Waals surface area contributed by atoms with Gasteiger partial charge in [0.15, 0.2) is 0 Å². The predicted octanol–water partition coefficient (Wildman–Crippen LogP) is 3.57. The Kier molecular flexibility index (Phi) is 4.96. The Bertz CT molecular complexity index is 321. The van der Waals surface area contributed by atoms with Crippen LogP contribution in [0.3, 0.4) is 0 Å². The molecule has 0 radical (unpaired) electrons. The van der Waals surface area contributed by atoms with Crippen LogP contribution in [0, 0.1) is 5.92 Å². The summed E-state index contributed by atoms with van der Waals surface area (Å²) in [5.41, 5.74) is 0. The third-order valence-corrected chi connectivity index (χ3v) is 3.22. The molecule has 1 rings (SSSR count). The highest BCUT2D eigenvalue weighted by atomic mass is 35.5. The Morgan fingerprint density at radius 2 is 1.80 bits per heavy atom. The van der Waals surface area contributed by atoms with Crippen molar-refractivity contribution in [3.8, 4) is 0 Å². The molecule has 84 valence electrons. The first kappa shape index (κ1) is 12.9. The zero-order valence-corrected chi connectivity index (χ0v) is 11.2. The molecule has 0 bridgehead atoms. The SMILES string of the molecule is CSc1c(Cl)nc(NCC(C)C)nc1Cl. The molecular formula is C9H13Cl2N3S. The number of rotatable bonds is 4. The largest absolute Gasteiger partial charge is 0.354 e. The first-order valence-corrected chi connectivity index (χ1v) is 6.53. The van der Waals surface area contributed by atoms with Crippen LogP contribution in [-0.4, -0.2) is 22.8 Å². The van der Waals surface area contributed by atoms with Gasteiger partial charge in [0.1, 0.15) is 10.3 Å². The highest BCUT2D eigenvalue weighted by molar-refractivity contribution is 7.98. The van der Waals surface area contributed by atoms with Crippen LogP contribution in [0.1, 0.15) is 13.8 Å². The summed E-state index contributed by atoms with van der Waals surface area (Å²) in [4.78, 5) is 8.95. The second-order valence-electron chi connectivity index (χ2n) is 3.44. The molecule has 0 saturated carbocycles. The van der Waals surface area contributed by atoms with E-state index in [1.54, 1.807) is 0 Å². The third kappa shape index (κ3) is 3.70. The van der Waals surface area contributed by atoms with Crippen molar-refractivity contribution in [1.29, 1.82) is 0 Å². The molecule has 1 N–H and O–H groups in total. The number of anilines is 1. The van der Waals surface area contributed by atoms with E-state index in [1.807, 2.05) is 6.26 Å². The summed E-state index contributed by atoms with van der Waals surface area (Å²) in [6.07, 6.45) is 1.89. The van der Waals surface area contributed by atoms with Crippen LogP contribution in [0.15, 0.2) is 4.90 Å². The zero-order chi connectivity index (χ0) is 11.4. The normalized spacial score (nSPS) is 10.8. The summed E-state index contributed by atoms with van der Waals surface area (Å²) in [7, 11) is 0. The molecule has 0 unspecified atom stereocenters. The summed E-state index contributed by atoms with van der Waals surface area (Å²) in [6.45, 7) is 5.00. The summed E-state index contributed by atoms with van der Waals surface area (Å²) < 4.78 is 0. The predicted molar refractivity (Wildman–Crippen MR) is 67.2 cm³/mol. The van der Waals surface area contributed by atoms with Gasteiger partial charge in [0, 0.05) is 6.54 Å². The van der Waals surface area contributed by atoms with Gasteiger partial charge in [-0.2, -0.15) is 9.97 Å². The number of nitrogens with one attached hydrogen (secondary N) is 1. The van der Waals surface area contributed by atoms with E-state index in [9.17, 15) is 0 Å². The lowest BCUT2D eigenvalue weighted by Gasteiger charge is -2.09. The monoisotopic (exact) mass is 265 g/mol. The van der Waals surface area contributed by atoms with E-state index in [2.05, 4.69) is 29.1 Å². The Balaban J connectivity index is 2.84. The van der Waals surface area contributed by atoms with E-state index in [0.29, 0.717) is 27.1 Å². The molecule has 0 aliphatic rings. The van der Waals surface area contributed by atoms with Gasteiger partial charge in [-0.05, 0) is 12.2 Å². The van der Waals surface area contributed by atoms with Gasteiger partial charge in [-0.3, -0.25) is 0 Å². The van der Waals surface area contributed by atoms with Crippen molar-refractivity contribution in [2.24, 2.45) is 5.92 Å². The minimum absolute atomic E-state index is 0.397. The van der Waals surface area contributed by atoms with E-state index >= 15 is 0 Å². The Labute approximate surface area is 104 Å². The van der Waals surface area contributed by atoms with E-state index in [0.717, 1.165) is 6.54 Å². The molecule has 0 aliphatic carbocycles. The van der Waals surface area contributed by atoms with Gasteiger partial charge in [-0.15, -0.1) is 11.8 Å². The standard InChI is InChI=1S/C9H13Cl2N3S/c1-5(2)4-12-9-13-7(10)6(15-3)8(11)14-9/h5H,4H2,1-3H3,(H,12,13,14). The molecule has 0 spiro atoms. The Hall–Kier alpha value is -0.190. The number of thioether (sulfide) groups is 1. The Morgan fingerprint density at radius 3 is 2.20 bits per heavy atom. The van der Waals surface area contributed by atoms with Gasteiger partial charge in [-0.25, -0.2) is 0 Å². The lowest BCUT2D eigenvalue weighted by Crippen LogP contribution is -2.11. The molecule has 0 aliphatic heterocycles. The van der Waals surface area contributed by atoms with Crippen LogP contribution in [0.25, 0.3) is 0 Å². The first-order chi connectivity index (χ1) is 7.04. The maximum absolute atomic E-state index is 5.95. The van der Waals surface area contributed by atoms with Crippen molar-refractivity contribution in [3.05, 3.63) is 10.3 Å². The van der Waals surface area contributed by atoms with Crippen molar-refractivity contribution >= 4 is 40.9 Å². The van der Waals surface area contributed by atoms with Gasteiger partial charge in [0.2, 0.25) is 5.95 Å². The summed E-state index contributed by atoms with van der Waals surface area (Å²) >= 11 is 13.3. The van der Waals surface area contributed by atoms with Crippen LogP contribution in [-0.2, 0) is 0 Å². The molecule has 6 heteroatoms. The molecule has 0 aromatic carbocycles. The molecule has 0 atom stereocenters. The molecule has 1 aromatic rings. The van der Waals surface area contributed by atoms with Crippen molar-refractivity contribution in [2.45, 2.75) is 18.7 Å². The van der Waals surface area contributed by atoms with Crippen LogP contribution < -0.4 is 5.32 Å². The fourth-order valence-corrected chi connectivity index (χ4v) is 2.22. The van der Waals surface area contributed by atoms with E-state index < -0.39 is 0 Å². The van der Waals surface area contributed by atoms with Crippen LogP contribution >= 0.6 is 35.0 Å². The van der Waals surface area contributed by atoms with Crippen molar-refractivity contribution in [3.63, 3.8) is 0 Å². The molecule has 1 aromatic heterocycles. The van der Waals surface area contributed by atoms with E-state index in [4.69, 9.17) is 23.2 Å². The second kappa shape index (κ2) is 5.77. The molecule has 3 nitrogen and oxygen atoms in total. The number of nitrogens with zero attached hydrogens (tertiary/aromatic N) is 2. The number of hydrogen-bond acceptors (Lipinski definition) is 4. The van der Waals surface area contributed by atoms with Gasteiger partial charge in [0.25, 0.3) is 0 Å².